The Bertz CT molecular complexity index is 448. The van der Waals surface area contributed by atoms with E-state index in [9.17, 15) is 14.7 Å². The Morgan fingerprint density at radius 3 is 2.53 bits per heavy atom. The van der Waals surface area contributed by atoms with Crippen LogP contribution in [-0.2, 0) is 9.59 Å². The van der Waals surface area contributed by atoms with Crippen LogP contribution in [0.3, 0.4) is 0 Å². The first-order valence-corrected chi connectivity index (χ1v) is 6.42. The van der Waals surface area contributed by atoms with Gasteiger partial charge in [0, 0.05) is 39.1 Å². The fraction of sp³-hybridized carbons (Fsp3) is 0.643. The van der Waals surface area contributed by atoms with Crippen molar-refractivity contribution in [3.05, 3.63) is 11.3 Å². The van der Waals surface area contributed by atoms with Crippen LogP contribution in [0.5, 0.6) is 0 Å². The van der Waals surface area contributed by atoms with Crippen LogP contribution in [0.25, 0.3) is 0 Å². The maximum absolute atomic E-state index is 12.1. The number of nitrogens with one attached hydrogen (secondary N) is 1. The van der Waals surface area contributed by atoms with Crippen molar-refractivity contribution in [1.82, 2.24) is 5.32 Å². The Balaban J connectivity index is 2.96. The minimum atomic E-state index is -0.161. The maximum Gasteiger partial charge on any atom is 0.220 e. The van der Waals surface area contributed by atoms with Gasteiger partial charge in [-0.15, -0.1) is 0 Å². The summed E-state index contributed by atoms with van der Waals surface area (Å²) in [5, 5.41) is 12.5. The van der Waals surface area contributed by atoms with Crippen LogP contribution < -0.4 is 5.32 Å². The third-order valence-corrected chi connectivity index (χ3v) is 3.28. The summed E-state index contributed by atoms with van der Waals surface area (Å²) in [7, 11) is 3.16. The van der Waals surface area contributed by atoms with Crippen LogP contribution in [0.2, 0.25) is 0 Å². The number of hydrogen-bond acceptors (Lipinski definition) is 4. The molecule has 1 saturated carbocycles. The second-order valence-corrected chi connectivity index (χ2v) is 5.61. The summed E-state index contributed by atoms with van der Waals surface area (Å²) in [5.41, 5.74) is 0.817. The standard InChI is InChI=1S/C14H22N2O3/c1-14(2)7-9(15-3)13(11(18)8-14)10(17)5-6-12(19)16-4/h17H,5-8H2,1-4H3,(H,16,19)/b13-10+,15-9?. The first-order chi connectivity index (χ1) is 8.80. The van der Waals surface area contributed by atoms with Crippen LogP contribution in [0.1, 0.15) is 39.5 Å². The quantitative estimate of drug-likeness (QED) is 0.603. The van der Waals surface area contributed by atoms with Gasteiger partial charge in [0.25, 0.3) is 0 Å². The third kappa shape index (κ3) is 3.91. The first kappa shape index (κ1) is 15.4. The molecule has 106 valence electrons. The van der Waals surface area contributed by atoms with Crippen LogP contribution in [0.15, 0.2) is 16.3 Å². The summed E-state index contributed by atoms with van der Waals surface area (Å²) < 4.78 is 0. The van der Waals surface area contributed by atoms with Gasteiger partial charge in [-0.2, -0.15) is 0 Å². The fourth-order valence-corrected chi connectivity index (χ4v) is 2.29. The molecule has 0 atom stereocenters. The Morgan fingerprint density at radius 1 is 1.37 bits per heavy atom. The summed E-state index contributed by atoms with van der Waals surface area (Å²) in [6.07, 6.45) is 1.39. The molecule has 19 heavy (non-hydrogen) atoms. The van der Waals surface area contributed by atoms with Crippen molar-refractivity contribution in [2.24, 2.45) is 10.4 Å². The molecular formula is C14H22N2O3. The smallest absolute Gasteiger partial charge is 0.220 e. The van der Waals surface area contributed by atoms with Gasteiger partial charge in [0.2, 0.25) is 5.91 Å². The summed E-state index contributed by atoms with van der Waals surface area (Å²) in [4.78, 5) is 27.4. The van der Waals surface area contributed by atoms with Crippen LogP contribution >= 0.6 is 0 Å². The lowest BCUT2D eigenvalue weighted by Crippen LogP contribution is -2.32. The molecule has 1 rings (SSSR count). The number of aliphatic imine (C=N–C) groups is 1. The number of hydrogen-bond donors (Lipinski definition) is 2. The molecule has 0 aromatic rings. The molecule has 0 spiro atoms. The highest BCUT2D eigenvalue weighted by Gasteiger charge is 2.35. The van der Waals surface area contributed by atoms with Crippen molar-refractivity contribution < 1.29 is 14.7 Å². The Morgan fingerprint density at radius 2 is 2.00 bits per heavy atom. The molecule has 0 unspecified atom stereocenters. The van der Waals surface area contributed by atoms with E-state index in [2.05, 4.69) is 10.3 Å². The largest absolute Gasteiger partial charge is 0.511 e. The Labute approximate surface area is 113 Å². The number of Topliss-reactive ketones (excluding diaryl/α,β-unsaturated/α-hetero) is 1. The monoisotopic (exact) mass is 266 g/mol. The van der Waals surface area contributed by atoms with E-state index in [1.54, 1.807) is 14.1 Å². The van der Waals surface area contributed by atoms with E-state index in [-0.39, 0.29) is 35.7 Å². The van der Waals surface area contributed by atoms with E-state index in [4.69, 9.17) is 0 Å². The molecule has 1 aliphatic carbocycles. The highest BCUT2D eigenvalue weighted by Crippen LogP contribution is 2.35. The van der Waals surface area contributed by atoms with Crippen molar-refractivity contribution in [3.8, 4) is 0 Å². The molecule has 1 aliphatic rings. The minimum absolute atomic E-state index is 0.0234. The zero-order chi connectivity index (χ0) is 14.6. The molecule has 2 N–H and O–H groups in total. The van der Waals surface area contributed by atoms with Gasteiger partial charge in [-0.25, -0.2) is 0 Å². The van der Waals surface area contributed by atoms with E-state index in [0.717, 1.165) is 0 Å². The number of rotatable bonds is 3. The van der Waals surface area contributed by atoms with E-state index in [0.29, 0.717) is 24.1 Å². The zero-order valence-electron chi connectivity index (χ0n) is 12.0. The number of carbonyl (C=O) groups is 2. The average Bonchev–Trinajstić information content (AvgIpc) is 2.33. The van der Waals surface area contributed by atoms with Crippen molar-refractivity contribution in [2.75, 3.05) is 14.1 Å². The Hall–Kier alpha value is -1.65. The Kier molecular flexibility index (Phi) is 4.86. The van der Waals surface area contributed by atoms with Gasteiger partial charge in [-0.3, -0.25) is 14.6 Å². The number of aliphatic hydroxyl groups is 1. The predicted molar refractivity (Wildman–Crippen MR) is 74.3 cm³/mol. The number of amides is 1. The van der Waals surface area contributed by atoms with E-state index in [1.165, 1.54) is 0 Å². The van der Waals surface area contributed by atoms with Crippen molar-refractivity contribution in [3.63, 3.8) is 0 Å². The summed E-state index contributed by atoms with van der Waals surface area (Å²) in [5.74, 6) is -0.276. The molecule has 1 amide bonds. The molecule has 1 fully saturated rings. The van der Waals surface area contributed by atoms with Gasteiger partial charge < -0.3 is 10.4 Å². The van der Waals surface area contributed by atoms with Crippen LogP contribution in [-0.4, -0.2) is 36.6 Å². The highest BCUT2D eigenvalue weighted by molar-refractivity contribution is 6.24. The van der Waals surface area contributed by atoms with Gasteiger partial charge in [-0.05, 0) is 11.8 Å². The number of carbonyl (C=O) groups excluding carboxylic acids is 2. The average molecular weight is 266 g/mol. The zero-order valence-corrected chi connectivity index (χ0v) is 12.0. The van der Waals surface area contributed by atoms with E-state index in [1.807, 2.05) is 13.8 Å². The number of nitrogens with zero attached hydrogens (tertiary/aromatic N) is 1. The lowest BCUT2D eigenvalue weighted by Gasteiger charge is -2.31. The topological polar surface area (TPSA) is 78.8 Å². The third-order valence-electron chi connectivity index (χ3n) is 3.28. The molecule has 0 saturated heterocycles. The van der Waals surface area contributed by atoms with E-state index >= 15 is 0 Å². The van der Waals surface area contributed by atoms with Crippen LogP contribution in [0.4, 0.5) is 0 Å². The molecule has 0 aromatic heterocycles. The lowest BCUT2D eigenvalue weighted by atomic mass is 9.73. The van der Waals surface area contributed by atoms with Crippen molar-refractivity contribution >= 4 is 17.4 Å². The molecule has 0 aromatic carbocycles. The predicted octanol–water partition coefficient (Wildman–Crippen LogP) is 1.78. The molecule has 0 bridgehead atoms. The second kappa shape index (κ2) is 5.99. The fourth-order valence-electron chi connectivity index (χ4n) is 2.29. The summed E-state index contributed by atoms with van der Waals surface area (Å²) >= 11 is 0. The van der Waals surface area contributed by atoms with Gasteiger partial charge in [-0.1, -0.05) is 13.8 Å². The molecule has 5 heteroatoms. The highest BCUT2D eigenvalue weighted by atomic mass is 16.3. The second-order valence-electron chi connectivity index (χ2n) is 5.61. The molecule has 5 nitrogen and oxygen atoms in total. The van der Waals surface area contributed by atoms with Gasteiger partial charge >= 0.3 is 0 Å². The molecule has 0 heterocycles. The summed E-state index contributed by atoms with van der Waals surface area (Å²) in [6, 6.07) is 0. The lowest BCUT2D eigenvalue weighted by molar-refractivity contribution is -0.121. The number of allylic oxidation sites excluding steroid dienone is 2. The van der Waals surface area contributed by atoms with Crippen LogP contribution in [0, 0.1) is 5.41 Å². The SMILES string of the molecule is CN=C1CC(C)(C)CC(=O)/C1=C(/O)CCC(=O)NC. The van der Waals surface area contributed by atoms with E-state index < -0.39 is 0 Å². The molecule has 0 radical (unpaired) electrons. The van der Waals surface area contributed by atoms with Gasteiger partial charge in [0.05, 0.1) is 5.57 Å². The summed E-state index contributed by atoms with van der Waals surface area (Å²) in [6.45, 7) is 4.02. The van der Waals surface area contributed by atoms with Gasteiger partial charge in [0.15, 0.2) is 5.78 Å². The molecule has 0 aliphatic heterocycles. The maximum atomic E-state index is 12.1. The first-order valence-electron chi connectivity index (χ1n) is 6.42. The number of aliphatic hydroxyl groups excluding tert-OH is 1. The van der Waals surface area contributed by atoms with Crippen molar-refractivity contribution in [1.29, 1.82) is 0 Å². The normalized spacial score (nSPS) is 23.4. The number of ketones is 1. The van der Waals surface area contributed by atoms with Crippen molar-refractivity contribution in [2.45, 2.75) is 39.5 Å². The molecular weight excluding hydrogens is 244 g/mol. The minimum Gasteiger partial charge on any atom is -0.511 e. The van der Waals surface area contributed by atoms with Gasteiger partial charge in [0.1, 0.15) is 5.76 Å².